The van der Waals surface area contributed by atoms with Gasteiger partial charge in [-0.05, 0) is 90.8 Å². The highest BCUT2D eigenvalue weighted by Crippen LogP contribution is 2.23. The van der Waals surface area contributed by atoms with Gasteiger partial charge in [-0.15, -0.1) is 0 Å². The molecule has 0 aromatic heterocycles. The van der Waals surface area contributed by atoms with Gasteiger partial charge in [-0.2, -0.15) is 0 Å². The van der Waals surface area contributed by atoms with Crippen molar-refractivity contribution in [2.45, 2.75) is 85.0 Å². The first-order valence-corrected chi connectivity index (χ1v) is 14.4. The third-order valence-electron chi connectivity index (χ3n) is 7.09. The van der Waals surface area contributed by atoms with Crippen LogP contribution in [-0.4, -0.2) is 5.97 Å². The van der Waals surface area contributed by atoms with Gasteiger partial charge < -0.3 is 9.47 Å². The summed E-state index contributed by atoms with van der Waals surface area (Å²) in [5, 5.41) is 0. The number of hydrogen-bond donors (Lipinski definition) is 0. The van der Waals surface area contributed by atoms with Crippen LogP contribution in [0, 0.1) is 5.92 Å². The number of rotatable bonds is 16. The SMILES string of the molecule is CCCCCCCC/C=C/Oc1ccc(OC(=O)c2ccc(-c3ccc(CC[C@@H](C)CC)cc3)cc2)cc1. The second-order valence-electron chi connectivity index (χ2n) is 10.2. The topological polar surface area (TPSA) is 35.5 Å². The van der Waals surface area contributed by atoms with E-state index in [4.69, 9.17) is 9.47 Å². The predicted molar refractivity (Wildman–Crippen MR) is 159 cm³/mol. The maximum Gasteiger partial charge on any atom is 0.343 e. The van der Waals surface area contributed by atoms with Crippen LogP contribution in [0.15, 0.2) is 85.1 Å². The van der Waals surface area contributed by atoms with Gasteiger partial charge in [-0.1, -0.05) is 95.7 Å². The number of hydrogen-bond acceptors (Lipinski definition) is 3. The number of aryl methyl sites for hydroxylation is 1. The Morgan fingerprint density at radius 1 is 0.763 bits per heavy atom. The van der Waals surface area contributed by atoms with Crippen molar-refractivity contribution in [3.05, 3.63) is 96.3 Å². The number of esters is 1. The van der Waals surface area contributed by atoms with Crippen molar-refractivity contribution in [2.24, 2.45) is 5.92 Å². The van der Waals surface area contributed by atoms with Crippen LogP contribution >= 0.6 is 0 Å². The Morgan fingerprint density at radius 2 is 1.37 bits per heavy atom. The molecule has 0 fully saturated rings. The largest absolute Gasteiger partial charge is 0.465 e. The third kappa shape index (κ3) is 10.2. The smallest absolute Gasteiger partial charge is 0.343 e. The molecule has 0 N–H and O–H groups in total. The molecule has 1 atom stereocenters. The standard InChI is InChI=1S/C35H44O3/c1-4-6-7-8-9-10-11-12-27-37-33-23-25-34(26-24-33)38-35(36)32-21-19-31(20-22-32)30-17-15-29(16-18-30)14-13-28(3)5-2/h12,15-28H,4-11,13-14H2,1-3H3/b27-12+/t28-/m0/s1. The van der Waals surface area contributed by atoms with Crippen LogP contribution in [0.1, 0.15) is 94.5 Å². The van der Waals surface area contributed by atoms with E-state index in [1.54, 1.807) is 18.4 Å². The van der Waals surface area contributed by atoms with Crippen molar-refractivity contribution in [1.29, 1.82) is 0 Å². The minimum absolute atomic E-state index is 0.371. The summed E-state index contributed by atoms with van der Waals surface area (Å²) in [5.41, 5.74) is 4.13. The van der Waals surface area contributed by atoms with E-state index in [1.165, 1.54) is 56.9 Å². The Balaban J connectivity index is 1.43. The monoisotopic (exact) mass is 512 g/mol. The lowest BCUT2D eigenvalue weighted by Gasteiger charge is -2.09. The molecule has 0 heterocycles. The van der Waals surface area contributed by atoms with E-state index < -0.39 is 0 Å². The Morgan fingerprint density at radius 3 is 2.03 bits per heavy atom. The average Bonchev–Trinajstić information content (AvgIpc) is 2.96. The van der Waals surface area contributed by atoms with Gasteiger partial charge in [0, 0.05) is 0 Å². The summed E-state index contributed by atoms with van der Waals surface area (Å²) in [4.78, 5) is 12.6. The minimum atomic E-state index is -0.371. The Kier molecular flexibility index (Phi) is 12.7. The van der Waals surface area contributed by atoms with Gasteiger partial charge in [0.15, 0.2) is 0 Å². The molecule has 3 rings (SSSR count). The van der Waals surface area contributed by atoms with Gasteiger partial charge in [0.2, 0.25) is 0 Å². The molecule has 3 nitrogen and oxygen atoms in total. The maximum absolute atomic E-state index is 12.6. The number of unbranched alkanes of at least 4 members (excludes halogenated alkanes) is 6. The molecule has 202 valence electrons. The Hall–Kier alpha value is -3.33. The Bertz CT molecular complexity index is 1100. The maximum atomic E-state index is 12.6. The number of carbonyl (C=O) groups is 1. The molecule has 0 aliphatic rings. The normalized spacial score (nSPS) is 12.0. The first-order valence-electron chi connectivity index (χ1n) is 14.4. The van der Waals surface area contributed by atoms with Gasteiger partial charge in [-0.3, -0.25) is 0 Å². The van der Waals surface area contributed by atoms with Crippen molar-refractivity contribution in [2.75, 3.05) is 0 Å². The molecule has 0 bridgehead atoms. The number of allylic oxidation sites excluding steroid dienone is 1. The molecule has 3 heteroatoms. The van der Waals surface area contributed by atoms with Gasteiger partial charge >= 0.3 is 5.97 Å². The number of ether oxygens (including phenoxy) is 2. The van der Waals surface area contributed by atoms with E-state index >= 15 is 0 Å². The van der Waals surface area contributed by atoms with Crippen molar-refractivity contribution in [3.8, 4) is 22.6 Å². The summed E-state index contributed by atoms with van der Waals surface area (Å²) in [6, 6.07) is 23.5. The molecule has 0 saturated heterocycles. The molecule has 0 aliphatic carbocycles. The summed E-state index contributed by atoms with van der Waals surface area (Å²) < 4.78 is 11.2. The lowest BCUT2D eigenvalue weighted by atomic mass is 9.97. The summed E-state index contributed by atoms with van der Waals surface area (Å²) in [6.07, 6.45) is 16.2. The zero-order valence-corrected chi connectivity index (χ0v) is 23.5. The van der Waals surface area contributed by atoms with Crippen LogP contribution in [0.2, 0.25) is 0 Å². The van der Waals surface area contributed by atoms with Gasteiger partial charge in [0.05, 0.1) is 11.8 Å². The highest BCUT2D eigenvalue weighted by molar-refractivity contribution is 5.91. The fraction of sp³-hybridized carbons (Fsp3) is 0.400. The van der Waals surface area contributed by atoms with Crippen molar-refractivity contribution in [1.82, 2.24) is 0 Å². The van der Waals surface area contributed by atoms with Crippen LogP contribution in [-0.2, 0) is 6.42 Å². The van der Waals surface area contributed by atoms with Gasteiger partial charge in [0.25, 0.3) is 0 Å². The highest BCUT2D eigenvalue weighted by Gasteiger charge is 2.09. The second-order valence-corrected chi connectivity index (χ2v) is 10.2. The van der Waals surface area contributed by atoms with E-state index in [2.05, 4.69) is 51.1 Å². The Labute approximate surface area is 229 Å². The fourth-order valence-corrected chi connectivity index (χ4v) is 4.27. The zero-order chi connectivity index (χ0) is 27.0. The van der Waals surface area contributed by atoms with Gasteiger partial charge in [0.1, 0.15) is 11.5 Å². The molecule has 0 unspecified atom stereocenters. The first-order chi connectivity index (χ1) is 18.6. The van der Waals surface area contributed by atoms with E-state index in [0.717, 1.165) is 35.6 Å². The predicted octanol–water partition coefficient (Wildman–Crippen LogP) is 10.2. The second kappa shape index (κ2) is 16.5. The molecule has 0 radical (unpaired) electrons. The first kappa shape index (κ1) is 29.2. The van der Waals surface area contributed by atoms with E-state index in [0.29, 0.717) is 11.3 Å². The molecule has 0 spiro atoms. The molecular formula is C35H44O3. The molecule has 0 amide bonds. The molecular weight excluding hydrogens is 468 g/mol. The van der Waals surface area contributed by atoms with Crippen LogP contribution < -0.4 is 9.47 Å². The van der Waals surface area contributed by atoms with Crippen molar-refractivity contribution in [3.63, 3.8) is 0 Å². The van der Waals surface area contributed by atoms with Crippen LogP contribution in [0.5, 0.6) is 11.5 Å². The molecule has 3 aromatic rings. The molecule has 3 aromatic carbocycles. The van der Waals surface area contributed by atoms with E-state index in [9.17, 15) is 4.79 Å². The average molecular weight is 513 g/mol. The lowest BCUT2D eigenvalue weighted by molar-refractivity contribution is 0.0734. The highest BCUT2D eigenvalue weighted by atomic mass is 16.5. The minimum Gasteiger partial charge on any atom is -0.465 e. The van der Waals surface area contributed by atoms with Gasteiger partial charge in [-0.25, -0.2) is 4.79 Å². The van der Waals surface area contributed by atoms with Crippen LogP contribution in [0.3, 0.4) is 0 Å². The van der Waals surface area contributed by atoms with E-state index in [-0.39, 0.29) is 5.97 Å². The van der Waals surface area contributed by atoms with Crippen molar-refractivity contribution >= 4 is 5.97 Å². The number of benzene rings is 3. The van der Waals surface area contributed by atoms with Crippen LogP contribution in [0.4, 0.5) is 0 Å². The zero-order valence-electron chi connectivity index (χ0n) is 23.5. The number of carbonyl (C=O) groups excluding carboxylic acids is 1. The molecule has 0 aliphatic heterocycles. The summed E-state index contributed by atoms with van der Waals surface area (Å²) in [5.74, 6) is 1.61. The fourth-order valence-electron chi connectivity index (χ4n) is 4.27. The quantitative estimate of drug-likeness (QED) is 0.0829. The van der Waals surface area contributed by atoms with Crippen LogP contribution in [0.25, 0.3) is 11.1 Å². The summed E-state index contributed by atoms with van der Waals surface area (Å²) >= 11 is 0. The molecule has 0 saturated carbocycles. The van der Waals surface area contributed by atoms with Crippen molar-refractivity contribution < 1.29 is 14.3 Å². The lowest BCUT2D eigenvalue weighted by Crippen LogP contribution is -2.08. The third-order valence-corrected chi connectivity index (χ3v) is 7.09. The summed E-state index contributed by atoms with van der Waals surface area (Å²) in [7, 11) is 0. The molecule has 38 heavy (non-hydrogen) atoms. The van der Waals surface area contributed by atoms with E-state index in [1.807, 2.05) is 36.4 Å². The summed E-state index contributed by atoms with van der Waals surface area (Å²) in [6.45, 7) is 6.79.